The van der Waals surface area contributed by atoms with Crippen molar-refractivity contribution < 1.29 is 19.1 Å². The van der Waals surface area contributed by atoms with Gasteiger partial charge < -0.3 is 19.9 Å². The van der Waals surface area contributed by atoms with Crippen LogP contribution >= 0.6 is 0 Å². The van der Waals surface area contributed by atoms with Crippen LogP contribution in [0.15, 0.2) is 24.3 Å². The van der Waals surface area contributed by atoms with Gasteiger partial charge in [-0.15, -0.1) is 0 Å². The minimum absolute atomic E-state index is 0.0745. The van der Waals surface area contributed by atoms with Crippen LogP contribution in [0.25, 0.3) is 0 Å². The molecule has 0 radical (unpaired) electrons. The second-order valence-corrected chi connectivity index (χ2v) is 7.59. The van der Waals surface area contributed by atoms with Crippen molar-refractivity contribution in [1.82, 2.24) is 9.80 Å². The van der Waals surface area contributed by atoms with Crippen molar-refractivity contribution in [2.24, 2.45) is 0 Å². The molecule has 150 valence electrons. The molecule has 0 spiro atoms. The zero-order valence-electron chi connectivity index (χ0n) is 16.5. The Kier molecular flexibility index (Phi) is 6.99. The first-order valence-electron chi connectivity index (χ1n) is 9.23. The molecule has 0 aromatic heterocycles. The number of carbonyl (C=O) groups is 3. The summed E-state index contributed by atoms with van der Waals surface area (Å²) in [5, 5.41) is 11.5. The summed E-state index contributed by atoms with van der Waals surface area (Å²) in [6, 6.07) is 8.54. The van der Waals surface area contributed by atoms with E-state index in [1.54, 1.807) is 34.1 Å². The van der Waals surface area contributed by atoms with Gasteiger partial charge in [0, 0.05) is 44.7 Å². The molecule has 1 N–H and O–H groups in total. The molecule has 1 aliphatic heterocycles. The van der Waals surface area contributed by atoms with Crippen LogP contribution < -0.4 is 5.32 Å². The SMILES string of the molecule is CC(C)(C)OC(=O)N1CCN(C(=O)CCC(=O)Nc2ccc(C#N)cc2)CC1. The van der Waals surface area contributed by atoms with Crippen molar-refractivity contribution in [1.29, 1.82) is 5.26 Å². The molecule has 1 aromatic carbocycles. The van der Waals surface area contributed by atoms with Crippen molar-refractivity contribution in [3.8, 4) is 6.07 Å². The standard InChI is InChI=1S/C20H26N4O4/c1-20(2,3)28-19(27)24-12-10-23(11-13-24)18(26)9-8-17(25)22-16-6-4-15(14-21)5-7-16/h4-7H,8-13H2,1-3H3,(H,22,25). The van der Waals surface area contributed by atoms with Crippen LogP contribution in [0.4, 0.5) is 10.5 Å². The molecule has 8 nitrogen and oxygen atoms in total. The van der Waals surface area contributed by atoms with Crippen LogP contribution in [0.3, 0.4) is 0 Å². The Hall–Kier alpha value is -3.08. The van der Waals surface area contributed by atoms with Crippen molar-refractivity contribution in [3.05, 3.63) is 29.8 Å². The van der Waals surface area contributed by atoms with Gasteiger partial charge in [-0.25, -0.2) is 4.79 Å². The van der Waals surface area contributed by atoms with Crippen LogP contribution in [0.5, 0.6) is 0 Å². The summed E-state index contributed by atoms with van der Waals surface area (Å²) in [5.41, 5.74) is 0.549. The van der Waals surface area contributed by atoms with Gasteiger partial charge in [0.2, 0.25) is 11.8 Å². The summed E-state index contributed by atoms with van der Waals surface area (Å²) in [6.07, 6.45) is -0.193. The lowest BCUT2D eigenvalue weighted by atomic mass is 10.2. The number of hydrogen-bond donors (Lipinski definition) is 1. The number of benzene rings is 1. The second kappa shape index (κ2) is 9.22. The highest BCUT2D eigenvalue weighted by molar-refractivity contribution is 5.93. The van der Waals surface area contributed by atoms with Gasteiger partial charge >= 0.3 is 6.09 Å². The van der Waals surface area contributed by atoms with E-state index in [0.29, 0.717) is 37.4 Å². The van der Waals surface area contributed by atoms with E-state index in [-0.39, 0.29) is 30.7 Å². The molecule has 0 bridgehead atoms. The fraction of sp³-hybridized carbons (Fsp3) is 0.500. The number of rotatable bonds is 4. The zero-order chi connectivity index (χ0) is 20.7. The average Bonchev–Trinajstić information content (AvgIpc) is 2.65. The van der Waals surface area contributed by atoms with E-state index in [0.717, 1.165) is 0 Å². The summed E-state index contributed by atoms with van der Waals surface area (Å²) in [4.78, 5) is 39.6. The Morgan fingerprint density at radius 3 is 2.14 bits per heavy atom. The number of anilines is 1. The zero-order valence-corrected chi connectivity index (χ0v) is 16.5. The van der Waals surface area contributed by atoms with Crippen molar-refractivity contribution in [3.63, 3.8) is 0 Å². The van der Waals surface area contributed by atoms with Gasteiger partial charge in [0.25, 0.3) is 0 Å². The van der Waals surface area contributed by atoms with Crippen LogP contribution in [-0.4, -0.2) is 59.5 Å². The monoisotopic (exact) mass is 386 g/mol. The maximum atomic E-state index is 12.3. The molecule has 8 heteroatoms. The maximum absolute atomic E-state index is 12.3. The Morgan fingerprint density at radius 1 is 1.04 bits per heavy atom. The predicted molar refractivity (Wildman–Crippen MR) is 103 cm³/mol. The van der Waals surface area contributed by atoms with Gasteiger partial charge in [-0.1, -0.05) is 0 Å². The minimum Gasteiger partial charge on any atom is -0.444 e. The van der Waals surface area contributed by atoms with E-state index in [1.807, 2.05) is 26.8 Å². The summed E-state index contributed by atoms with van der Waals surface area (Å²) in [6.45, 7) is 7.12. The Morgan fingerprint density at radius 2 is 1.61 bits per heavy atom. The van der Waals surface area contributed by atoms with Crippen molar-refractivity contribution in [2.45, 2.75) is 39.2 Å². The topological polar surface area (TPSA) is 103 Å². The quantitative estimate of drug-likeness (QED) is 0.856. The molecule has 1 heterocycles. The van der Waals surface area contributed by atoms with Crippen molar-refractivity contribution in [2.75, 3.05) is 31.5 Å². The largest absolute Gasteiger partial charge is 0.444 e. The lowest BCUT2D eigenvalue weighted by molar-refractivity contribution is -0.134. The first-order chi connectivity index (χ1) is 13.2. The summed E-state index contributed by atoms with van der Waals surface area (Å²) in [7, 11) is 0. The first kappa shape index (κ1) is 21.2. The molecular weight excluding hydrogens is 360 g/mol. The van der Waals surface area contributed by atoms with E-state index in [4.69, 9.17) is 10.00 Å². The predicted octanol–water partition coefficient (Wildman–Crippen LogP) is 2.36. The van der Waals surface area contributed by atoms with Gasteiger partial charge in [0.1, 0.15) is 5.60 Å². The summed E-state index contributed by atoms with van der Waals surface area (Å²) >= 11 is 0. The molecule has 0 aliphatic carbocycles. The molecule has 1 aromatic rings. The molecule has 1 fully saturated rings. The van der Waals surface area contributed by atoms with Crippen LogP contribution in [-0.2, 0) is 14.3 Å². The fourth-order valence-corrected chi connectivity index (χ4v) is 2.70. The molecule has 28 heavy (non-hydrogen) atoms. The summed E-state index contributed by atoms with van der Waals surface area (Å²) in [5.74, 6) is -0.371. The van der Waals surface area contributed by atoms with E-state index in [1.165, 1.54) is 0 Å². The number of piperazine rings is 1. The van der Waals surface area contributed by atoms with Crippen LogP contribution in [0.2, 0.25) is 0 Å². The van der Waals surface area contributed by atoms with Gasteiger partial charge in [0.05, 0.1) is 11.6 Å². The Balaban J connectivity index is 1.73. The number of hydrogen-bond acceptors (Lipinski definition) is 5. The highest BCUT2D eigenvalue weighted by Crippen LogP contribution is 2.13. The Bertz CT molecular complexity index is 754. The number of carbonyl (C=O) groups excluding carboxylic acids is 3. The van der Waals surface area contributed by atoms with Gasteiger partial charge in [-0.05, 0) is 45.0 Å². The lowest BCUT2D eigenvalue weighted by Crippen LogP contribution is -2.51. The molecule has 0 unspecified atom stereocenters. The highest BCUT2D eigenvalue weighted by Gasteiger charge is 2.27. The Labute approximate surface area is 165 Å². The number of ether oxygens (including phenoxy) is 1. The smallest absolute Gasteiger partial charge is 0.410 e. The molecule has 1 aliphatic rings. The molecule has 0 atom stereocenters. The van der Waals surface area contributed by atoms with Crippen LogP contribution in [0.1, 0.15) is 39.2 Å². The summed E-state index contributed by atoms with van der Waals surface area (Å²) < 4.78 is 5.34. The van der Waals surface area contributed by atoms with E-state index in [9.17, 15) is 14.4 Å². The van der Waals surface area contributed by atoms with Gasteiger partial charge in [-0.2, -0.15) is 5.26 Å². The highest BCUT2D eigenvalue weighted by atomic mass is 16.6. The van der Waals surface area contributed by atoms with E-state index in [2.05, 4.69) is 5.32 Å². The first-order valence-corrected chi connectivity index (χ1v) is 9.23. The molecular formula is C20H26N4O4. The normalized spacial score (nSPS) is 14.2. The lowest BCUT2D eigenvalue weighted by Gasteiger charge is -2.35. The molecule has 3 amide bonds. The third-order valence-electron chi connectivity index (χ3n) is 4.15. The van der Waals surface area contributed by atoms with E-state index < -0.39 is 5.60 Å². The third-order valence-corrected chi connectivity index (χ3v) is 4.15. The van der Waals surface area contributed by atoms with Crippen molar-refractivity contribution >= 4 is 23.6 Å². The fourth-order valence-electron chi connectivity index (χ4n) is 2.70. The van der Waals surface area contributed by atoms with Gasteiger partial charge in [-0.3, -0.25) is 9.59 Å². The molecule has 0 saturated carbocycles. The number of nitrogens with one attached hydrogen (secondary N) is 1. The number of nitriles is 1. The maximum Gasteiger partial charge on any atom is 0.410 e. The minimum atomic E-state index is -0.549. The third kappa shape index (κ3) is 6.58. The molecule has 2 rings (SSSR count). The van der Waals surface area contributed by atoms with E-state index >= 15 is 0 Å². The number of nitrogens with zero attached hydrogens (tertiary/aromatic N) is 3. The molecule has 1 saturated heterocycles. The van der Waals surface area contributed by atoms with Crippen LogP contribution in [0, 0.1) is 11.3 Å². The average molecular weight is 386 g/mol. The number of amides is 3. The van der Waals surface area contributed by atoms with Gasteiger partial charge in [0.15, 0.2) is 0 Å². The second-order valence-electron chi connectivity index (χ2n) is 7.59.